The molecule has 2 heteroatoms. The molecule has 0 radical (unpaired) electrons. The third kappa shape index (κ3) is 3.74. The van der Waals surface area contributed by atoms with Crippen molar-refractivity contribution in [2.45, 2.75) is 70.1 Å². The maximum atomic E-state index is 6.61. The Kier molecular flexibility index (Phi) is 4.77. The first-order valence-electron chi connectivity index (χ1n) is 7.21. The third-order valence-corrected chi connectivity index (χ3v) is 6.11. The molecule has 1 saturated carbocycles. The van der Waals surface area contributed by atoms with Crippen LogP contribution in [0, 0.1) is 5.92 Å². The van der Waals surface area contributed by atoms with Crippen molar-refractivity contribution in [2.24, 2.45) is 5.92 Å². The Bertz CT molecular complexity index is 369. The van der Waals surface area contributed by atoms with Crippen molar-refractivity contribution in [3.05, 3.63) is 21.9 Å². The Morgan fingerprint density at radius 3 is 2.44 bits per heavy atom. The molecule has 1 heterocycles. The molecule has 18 heavy (non-hydrogen) atoms. The summed E-state index contributed by atoms with van der Waals surface area (Å²) in [5.74, 6) is 0.862. The molecule has 102 valence electrons. The van der Waals surface area contributed by atoms with Crippen molar-refractivity contribution in [2.75, 3.05) is 0 Å². The lowest BCUT2D eigenvalue weighted by atomic mass is 9.86. The Balaban J connectivity index is 1.96. The molecule has 1 atom stereocenters. The van der Waals surface area contributed by atoms with E-state index in [9.17, 15) is 0 Å². The summed E-state index contributed by atoms with van der Waals surface area (Å²) >= 11 is 8.52. The first-order valence-corrected chi connectivity index (χ1v) is 8.46. The van der Waals surface area contributed by atoms with Crippen LogP contribution in [0.4, 0.5) is 0 Å². The summed E-state index contributed by atoms with van der Waals surface area (Å²) in [6.07, 6.45) is 8.20. The minimum absolute atomic E-state index is 0.231. The summed E-state index contributed by atoms with van der Waals surface area (Å²) in [6, 6.07) is 4.50. The van der Waals surface area contributed by atoms with Gasteiger partial charge in [0.1, 0.15) is 0 Å². The molecule has 0 nitrogen and oxygen atoms in total. The highest BCUT2D eigenvalue weighted by Gasteiger charge is 2.22. The molecule has 0 aliphatic heterocycles. The van der Waals surface area contributed by atoms with Gasteiger partial charge in [-0.2, -0.15) is 0 Å². The number of thiophene rings is 1. The molecule has 1 aromatic heterocycles. The Labute approximate surface area is 121 Å². The smallest absolute Gasteiger partial charge is 0.0681 e. The number of halogens is 1. The molecular formula is C16H25ClS. The molecule has 1 aliphatic carbocycles. The molecule has 0 aromatic carbocycles. The summed E-state index contributed by atoms with van der Waals surface area (Å²) in [5.41, 5.74) is 0.254. The maximum absolute atomic E-state index is 6.61. The first kappa shape index (κ1) is 14.4. The highest BCUT2D eigenvalue weighted by Crippen LogP contribution is 2.39. The molecule has 1 aromatic rings. The molecule has 2 rings (SSSR count). The van der Waals surface area contributed by atoms with Crippen molar-refractivity contribution in [3.8, 4) is 0 Å². The Morgan fingerprint density at radius 2 is 1.89 bits per heavy atom. The van der Waals surface area contributed by atoms with Gasteiger partial charge in [0.2, 0.25) is 0 Å². The highest BCUT2D eigenvalue weighted by molar-refractivity contribution is 7.12. The van der Waals surface area contributed by atoms with E-state index < -0.39 is 0 Å². The van der Waals surface area contributed by atoms with Crippen molar-refractivity contribution in [1.29, 1.82) is 0 Å². The van der Waals surface area contributed by atoms with Crippen molar-refractivity contribution >= 4 is 22.9 Å². The summed E-state index contributed by atoms with van der Waals surface area (Å²) in [4.78, 5) is 2.82. The van der Waals surface area contributed by atoms with Crippen molar-refractivity contribution in [3.63, 3.8) is 0 Å². The number of hydrogen-bond donors (Lipinski definition) is 0. The lowest BCUT2D eigenvalue weighted by molar-refractivity contribution is 0.337. The number of hydrogen-bond acceptors (Lipinski definition) is 1. The molecule has 0 saturated heterocycles. The van der Waals surface area contributed by atoms with E-state index in [1.807, 2.05) is 11.3 Å². The Morgan fingerprint density at radius 1 is 1.22 bits per heavy atom. The summed E-state index contributed by atoms with van der Waals surface area (Å²) < 4.78 is 0. The van der Waals surface area contributed by atoms with E-state index in [0.29, 0.717) is 0 Å². The van der Waals surface area contributed by atoms with Crippen molar-refractivity contribution < 1.29 is 0 Å². The average molecular weight is 285 g/mol. The van der Waals surface area contributed by atoms with Gasteiger partial charge in [-0.25, -0.2) is 0 Å². The third-order valence-electron chi connectivity index (χ3n) is 3.94. The van der Waals surface area contributed by atoms with E-state index in [1.54, 1.807) is 0 Å². The molecule has 1 aliphatic rings. The van der Waals surface area contributed by atoms with Crippen LogP contribution < -0.4 is 0 Å². The lowest BCUT2D eigenvalue weighted by Crippen LogP contribution is -2.08. The van der Waals surface area contributed by atoms with Gasteiger partial charge in [0.05, 0.1) is 5.38 Å². The zero-order chi connectivity index (χ0) is 13.2. The topological polar surface area (TPSA) is 0 Å². The van der Waals surface area contributed by atoms with E-state index in [2.05, 4.69) is 32.9 Å². The van der Waals surface area contributed by atoms with Crippen LogP contribution >= 0.6 is 22.9 Å². The zero-order valence-electron chi connectivity index (χ0n) is 11.8. The quantitative estimate of drug-likeness (QED) is 0.572. The SMILES string of the molecule is CC(C)(C)c1ccc(C(Cl)CC2CCCCC2)s1. The first-order chi connectivity index (χ1) is 8.47. The van der Waals surface area contributed by atoms with Crippen LogP contribution in [0.2, 0.25) is 0 Å². The fraction of sp³-hybridized carbons (Fsp3) is 0.750. The lowest BCUT2D eigenvalue weighted by Gasteiger charge is -2.23. The van der Waals surface area contributed by atoms with Crippen LogP contribution in [-0.4, -0.2) is 0 Å². The average Bonchev–Trinajstić information content (AvgIpc) is 2.79. The van der Waals surface area contributed by atoms with E-state index in [0.717, 1.165) is 5.92 Å². The number of alkyl halides is 1. The van der Waals surface area contributed by atoms with Crippen LogP contribution in [-0.2, 0) is 5.41 Å². The maximum Gasteiger partial charge on any atom is 0.0681 e. The second kappa shape index (κ2) is 5.96. The van der Waals surface area contributed by atoms with Crippen LogP contribution in [0.25, 0.3) is 0 Å². The fourth-order valence-electron chi connectivity index (χ4n) is 2.76. The predicted octanol–water partition coefficient (Wildman–Crippen LogP) is 6.30. The van der Waals surface area contributed by atoms with Gasteiger partial charge in [-0.1, -0.05) is 52.9 Å². The molecular weight excluding hydrogens is 260 g/mol. The summed E-state index contributed by atoms with van der Waals surface area (Å²) in [7, 11) is 0. The fourth-order valence-corrected chi connectivity index (χ4v) is 4.27. The molecule has 0 amide bonds. The number of rotatable bonds is 3. The van der Waals surface area contributed by atoms with Gasteiger partial charge >= 0.3 is 0 Å². The largest absolute Gasteiger partial charge is 0.143 e. The molecule has 1 fully saturated rings. The molecule has 1 unspecified atom stereocenters. The minimum atomic E-state index is 0.231. The van der Waals surface area contributed by atoms with E-state index in [4.69, 9.17) is 11.6 Å². The highest BCUT2D eigenvalue weighted by atomic mass is 35.5. The molecule has 0 bridgehead atoms. The molecule has 0 N–H and O–H groups in total. The second-order valence-corrected chi connectivity index (χ2v) is 8.30. The Hall–Kier alpha value is -0.0100. The van der Waals surface area contributed by atoms with Crippen LogP contribution in [0.3, 0.4) is 0 Å². The van der Waals surface area contributed by atoms with Gasteiger partial charge in [-0.3, -0.25) is 0 Å². The van der Waals surface area contributed by atoms with Gasteiger partial charge in [0.15, 0.2) is 0 Å². The van der Waals surface area contributed by atoms with E-state index in [-0.39, 0.29) is 10.8 Å². The molecule has 0 spiro atoms. The normalized spacial score (nSPS) is 20.0. The van der Waals surface area contributed by atoms with Crippen LogP contribution in [0.15, 0.2) is 12.1 Å². The van der Waals surface area contributed by atoms with Gasteiger partial charge < -0.3 is 0 Å². The van der Waals surface area contributed by atoms with Gasteiger partial charge in [-0.15, -0.1) is 22.9 Å². The van der Waals surface area contributed by atoms with Crippen LogP contribution in [0.5, 0.6) is 0 Å². The zero-order valence-corrected chi connectivity index (χ0v) is 13.4. The monoisotopic (exact) mass is 284 g/mol. The summed E-state index contributed by atoms with van der Waals surface area (Å²) in [5, 5.41) is 0.231. The van der Waals surface area contributed by atoms with Crippen LogP contribution in [0.1, 0.15) is 74.4 Å². The predicted molar refractivity (Wildman–Crippen MR) is 82.8 cm³/mol. The van der Waals surface area contributed by atoms with E-state index in [1.165, 1.54) is 48.3 Å². The minimum Gasteiger partial charge on any atom is -0.143 e. The van der Waals surface area contributed by atoms with Gasteiger partial charge in [-0.05, 0) is 29.9 Å². The van der Waals surface area contributed by atoms with Gasteiger partial charge in [0.25, 0.3) is 0 Å². The second-order valence-electron chi connectivity index (χ2n) is 6.66. The van der Waals surface area contributed by atoms with E-state index >= 15 is 0 Å². The standard InChI is InChI=1S/C16H25ClS/c1-16(2,3)15-10-9-14(18-15)13(17)11-12-7-5-4-6-8-12/h9-10,12-13H,4-8,11H2,1-3H3. The van der Waals surface area contributed by atoms with Gasteiger partial charge in [0, 0.05) is 9.75 Å². The van der Waals surface area contributed by atoms with Crippen molar-refractivity contribution in [1.82, 2.24) is 0 Å². The summed E-state index contributed by atoms with van der Waals surface area (Å²) in [6.45, 7) is 6.81.